The molecule has 1 N–H and O–H groups in total. The van der Waals surface area contributed by atoms with Crippen LogP contribution in [0.25, 0.3) is 32.0 Å². The summed E-state index contributed by atoms with van der Waals surface area (Å²) in [5.74, 6) is -0.347. The highest BCUT2D eigenvalue weighted by Crippen LogP contribution is 2.44. The largest absolute Gasteiger partial charge is 0.479 e. The average molecular weight is 580 g/mol. The molecule has 0 aliphatic carbocycles. The van der Waals surface area contributed by atoms with Crippen molar-refractivity contribution in [3.8, 4) is 21.8 Å². The number of anilines is 1. The molecule has 210 valence electrons. The van der Waals surface area contributed by atoms with E-state index in [0.717, 1.165) is 57.1 Å². The molecule has 0 amide bonds. The Morgan fingerprint density at radius 2 is 1.93 bits per heavy atom. The Kier molecular flexibility index (Phi) is 7.85. The third-order valence-corrected chi connectivity index (χ3v) is 8.42. The highest BCUT2D eigenvalue weighted by atomic mass is 35.5. The van der Waals surface area contributed by atoms with Crippen LogP contribution in [0.3, 0.4) is 0 Å². The molecule has 3 heterocycles. The van der Waals surface area contributed by atoms with Crippen molar-refractivity contribution >= 4 is 45.1 Å². The van der Waals surface area contributed by atoms with Gasteiger partial charge in [0.1, 0.15) is 10.7 Å². The second kappa shape index (κ2) is 11.0. The quantitative estimate of drug-likeness (QED) is 0.266. The minimum absolute atomic E-state index is 0.468. The normalized spacial score (nSPS) is 16.7. The van der Waals surface area contributed by atoms with Gasteiger partial charge in [-0.3, -0.25) is 0 Å². The Balaban J connectivity index is 1.66. The number of aromatic nitrogens is 3. The zero-order valence-corrected chi connectivity index (χ0v) is 25.2. The molecular formula is C30H34ClN5O3S. The molecule has 0 unspecified atom stereocenters. The molecule has 1 saturated heterocycles. The molecule has 5 rings (SSSR count). The number of benzene rings is 2. The Bertz CT molecular complexity index is 1550. The van der Waals surface area contributed by atoms with Gasteiger partial charge in [0.05, 0.1) is 15.8 Å². The first-order valence-electron chi connectivity index (χ1n) is 13.3. The molecule has 40 heavy (non-hydrogen) atoms. The highest BCUT2D eigenvalue weighted by Gasteiger charge is 2.32. The van der Waals surface area contributed by atoms with Crippen molar-refractivity contribution in [2.75, 3.05) is 32.1 Å². The lowest BCUT2D eigenvalue weighted by Gasteiger charge is -2.28. The molecule has 0 radical (unpaired) electrons. The smallest absolute Gasteiger partial charge is 0.337 e. The number of rotatable bonds is 7. The maximum atomic E-state index is 12.6. The predicted octanol–water partition coefficient (Wildman–Crippen LogP) is 6.46. The number of hydrogen-bond donors (Lipinski definition) is 1. The molecule has 2 aromatic carbocycles. The van der Waals surface area contributed by atoms with Gasteiger partial charge in [0.25, 0.3) is 0 Å². The second-order valence-electron chi connectivity index (χ2n) is 11.4. The average Bonchev–Trinajstić information content (AvgIpc) is 3.55. The lowest BCUT2D eigenvalue weighted by molar-refractivity contribution is -0.160. The number of likely N-dealkylation sites (N-methyl/N-ethyl adjacent to an activating group) is 1. The number of thiazole rings is 1. The van der Waals surface area contributed by atoms with Gasteiger partial charge < -0.3 is 19.6 Å². The SMILES string of the molecule is Cc1cc2nc(-c3ccnc(N4CC[C@@H](N(C)C)C4)n3)sc2c(-c2ccc(Cl)cc2)c1[C@H](OC(C)(C)C)C(=O)O. The summed E-state index contributed by atoms with van der Waals surface area (Å²) in [5, 5.41) is 11.6. The van der Waals surface area contributed by atoms with Crippen LogP contribution in [0.2, 0.25) is 5.02 Å². The van der Waals surface area contributed by atoms with E-state index in [2.05, 4.69) is 28.9 Å². The minimum atomic E-state index is -1.16. The summed E-state index contributed by atoms with van der Waals surface area (Å²) < 4.78 is 6.99. The van der Waals surface area contributed by atoms with Gasteiger partial charge in [0, 0.05) is 41.5 Å². The molecule has 10 heteroatoms. The fraction of sp³-hybridized carbons (Fsp3) is 0.400. The number of fused-ring (bicyclic) bond motifs is 1. The van der Waals surface area contributed by atoms with Gasteiger partial charge in [-0.1, -0.05) is 23.7 Å². The Morgan fingerprint density at radius 3 is 2.55 bits per heavy atom. The van der Waals surface area contributed by atoms with Crippen molar-refractivity contribution in [1.82, 2.24) is 19.9 Å². The van der Waals surface area contributed by atoms with E-state index < -0.39 is 17.7 Å². The first-order chi connectivity index (χ1) is 18.9. The summed E-state index contributed by atoms with van der Waals surface area (Å²) in [5.41, 5.74) is 3.89. The van der Waals surface area contributed by atoms with Crippen LogP contribution in [0.15, 0.2) is 42.6 Å². The van der Waals surface area contributed by atoms with Crippen LogP contribution in [0.5, 0.6) is 0 Å². The number of carbonyl (C=O) groups is 1. The van der Waals surface area contributed by atoms with Crippen LogP contribution in [0.1, 0.15) is 44.4 Å². The molecule has 2 aromatic heterocycles. The van der Waals surface area contributed by atoms with Crippen molar-refractivity contribution in [1.29, 1.82) is 0 Å². The molecule has 4 aromatic rings. The van der Waals surface area contributed by atoms with E-state index in [1.165, 1.54) is 11.3 Å². The Morgan fingerprint density at radius 1 is 1.20 bits per heavy atom. The van der Waals surface area contributed by atoms with Crippen molar-refractivity contribution in [3.05, 3.63) is 58.7 Å². The zero-order valence-electron chi connectivity index (χ0n) is 23.6. The van der Waals surface area contributed by atoms with Crippen molar-refractivity contribution in [2.24, 2.45) is 0 Å². The van der Waals surface area contributed by atoms with Crippen LogP contribution in [-0.2, 0) is 9.53 Å². The van der Waals surface area contributed by atoms with Crippen LogP contribution in [0, 0.1) is 6.92 Å². The van der Waals surface area contributed by atoms with Crippen LogP contribution < -0.4 is 4.90 Å². The van der Waals surface area contributed by atoms with E-state index >= 15 is 0 Å². The molecule has 0 saturated carbocycles. The Hall–Kier alpha value is -3.11. The summed E-state index contributed by atoms with van der Waals surface area (Å²) in [7, 11) is 4.20. The molecule has 8 nitrogen and oxygen atoms in total. The van der Waals surface area contributed by atoms with Crippen LogP contribution in [0.4, 0.5) is 5.95 Å². The van der Waals surface area contributed by atoms with E-state index in [1.54, 1.807) is 6.20 Å². The molecule has 1 aliphatic heterocycles. The molecule has 1 aliphatic rings. The maximum Gasteiger partial charge on any atom is 0.337 e. The van der Waals surface area contributed by atoms with E-state index in [0.29, 0.717) is 22.6 Å². The summed E-state index contributed by atoms with van der Waals surface area (Å²) in [6.45, 7) is 9.27. The zero-order chi connectivity index (χ0) is 28.8. The third kappa shape index (κ3) is 5.83. The van der Waals surface area contributed by atoms with Gasteiger partial charge in [-0.15, -0.1) is 11.3 Å². The Labute approximate surface area is 243 Å². The van der Waals surface area contributed by atoms with Crippen LogP contribution in [-0.4, -0.2) is 69.8 Å². The van der Waals surface area contributed by atoms with Gasteiger partial charge in [-0.2, -0.15) is 0 Å². The summed E-state index contributed by atoms with van der Waals surface area (Å²) in [4.78, 5) is 31.4. The summed E-state index contributed by atoms with van der Waals surface area (Å²) >= 11 is 7.71. The number of carboxylic acid groups (broad SMARTS) is 1. The fourth-order valence-electron chi connectivity index (χ4n) is 5.11. The van der Waals surface area contributed by atoms with Gasteiger partial charge >= 0.3 is 5.97 Å². The standard InChI is InChI=1S/C30H34ClN5O3S/c1-17-15-22-26(24(18-7-9-19(31)10-8-18)23(17)25(28(37)38)39-30(2,3)4)40-27(33-22)21-11-13-32-29(34-21)36-14-12-20(16-36)35(5)6/h7-11,13,15,20,25H,12,14,16H2,1-6H3,(H,37,38)/t20-,25+/m1/s1. The minimum Gasteiger partial charge on any atom is -0.479 e. The molecule has 1 fully saturated rings. The van der Waals surface area contributed by atoms with Crippen LogP contribution >= 0.6 is 22.9 Å². The second-order valence-corrected chi connectivity index (χ2v) is 12.8. The molecule has 0 spiro atoms. The molecule has 0 bridgehead atoms. The number of ether oxygens (including phenoxy) is 1. The lowest BCUT2D eigenvalue weighted by atomic mass is 9.91. The number of hydrogen-bond acceptors (Lipinski definition) is 8. The predicted molar refractivity (Wildman–Crippen MR) is 161 cm³/mol. The van der Waals surface area contributed by atoms with Gasteiger partial charge in [0.15, 0.2) is 6.10 Å². The maximum absolute atomic E-state index is 12.6. The number of nitrogens with zero attached hydrogens (tertiary/aromatic N) is 5. The number of carboxylic acids is 1. The van der Waals surface area contributed by atoms with Crippen molar-refractivity contribution in [3.63, 3.8) is 0 Å². The first-order valence-corrected chi connectivity index (χ1v) is 14.5. The van der Waals surface area contributed by atoms with E-state index in [9.17, 15) is 9.90 Å². The highest BCUT2D eigenvalue weighted by molar-refractivity contribution is 7.22. The number of aliphatic carboxylic acids is 1. The summed E-state index contributed by atoms with van der Waals surface area (Å²) in [6, 6.07) is 11.7. The van der Waals surface area contributed by atoms with Gasteiger partial charge in [-0.05, 0) is 83.6 Å². The fourth-order valence-corrected chi connectivity index (χ4v) is 6.33. The van der Waals surface area contributed by atoms with Gasteiger partial charge in [-0.25, -0.2) is 19.7 Å². The number of halogens is 1. The van der Waals surface area contributed by atoms with Crippen molar-refractivity contribution in [2.45, 2.75) is 51.9 Å². The first kappa shape index (κ1) is 28.4. The third-order valence-electron chi connectivity index (χ3n) is 7.06. The molecular weight excluding hydrogens is 546 g/mol. The van der Waals surface area contributed by atoms with E-state index in [-0.39, 0.29) is 0 Å². The molecule has 2 atom stereocenters. The van der Waals surface area contributed by atoms with Crippen molar-refractivity contribution < 1.29 is 14.6 Å². The monoisotopic (exact) mass is 579 g/mol. The lowest BCUT2D eigenvalue weighted by Crippen LogP contribution is -2.32. The van der Waals surface area contributed by atoms with E-state index in [1.807, 2.05) is 64.1 Å². The van der Waals surface area contributed by atoms with Gasteiger partial charge in [0.2, 0.25) is 5.95 Å². The summed E-state index contributed by atoms with van der Waals surface area (Å²) in [6.07, 6.45) is 1.68. The topological polar surface area (TPSA) is 91.7 Å². The van der Waals surface area contributed by atoms with E-state index in [4.69, 9.17) is 26.3 Å². The number of aryl methyl sites for hydroxylation is 1.